The Morgan fingerprint density at radius 1 is 1.00 bits per heavy atom. The third-order valence-electron chi connectivity index (χ3n) is 3.17. The summed E-state index contributed by atoms with van der Waals surface area (Å²) < 4.78 is 27.2. The second-order valence-corrected chi connectivity index (χ2v) is 6.60. The maximum absolute atomic E-state index is 12.4. The van der Waals surface area contributed by atoms with Gasteiger partial charge in [-0.3, -0.25) is 4.72 Å². The molecule has 22 heavy (non-hydrogen) atoms. The van der Waals surface area contributed by atoms with Crippen LogP contribution in [0.1, 0.15) is 11.1 Å². The Bertz CT molecular complexity index is 817. The quantitative estimate of drug-likeness (QED) is 0.807. The van der Waals surface area contributed by atoms with Crippen LogP contribution in [0.25, 0.3) is 0 Å². The highest BCUT2D eigenvalue weighted by molar-refractivity contribution is 7.92. The van der Waals surface area contributed by atoms with Gasteiger partial charge in [-0.1, -0.05) is 12.1 Å². The van der Waals surface area contributed by atoms with Crippen molar-refractivity contribution in [1.82, 2.24) is 0 Å². The number of hydrogen-bond donors (Lipinski definition) is 3. The summed E-state index contributed by atoms with van der Waals surface area (Å²) in [5, 5.41) is 2.39. The van der Waals surface area contributed by atoms with E-state index in [4.69, 9.17) is 5.73 Å². The Hall–Kier alpha value is -2.54. The van der Waals surface area contributed by atoms with Crippen LogP contribution in [0.2, 0.25) is 0 Å². The molecule has 0 bridgehead atoms. The van der Waals surface area contributed by atoms with Crippen LogP contribution in [0.4, 0.5) is 16.2 Å². The minimum Gasteiger partial charge on any atom is -0.351 e. The first-order chi connectivity index (χ1) is 10.3. The van der Waals surface area contributed by atoms with Crippen LogP contribution in [0.5, 0.6) is 0 Å². The molecule has 0 atom stereocenters. The van der Waals surface area contributed by atoms with Gasteiger partial charge in [0.25, 0.3) is 10.0 Å². The minimum absolute atomic E-state index is 0.184. The molecule has 0 aliphatic rings. The van der Waals surface area contributed by atoms with Crippen LogP contribution in [0.3, 0.4) is 0 Å². The third-order valence-corrected chi connectivity index (χ3v) is 4.55. The lowest BCUT2D eigenvalue weighted by atomic mass is 10.1. The van der Waals surface area contributed by atoms with Gasteiger partial charge in [-0.15, -0.1) is 0 Å². The van der Waals surface area contributed by atoms with Crippen LogP contribution >= 0.6 is 0 Å². The summed E-state index contributed by atoms with van der Waals surface area (Å²) in [5.41, 5.74) is 7.70. The number of primary amides is 1. The van der Waals surface area contributed by atoms with E-state index in [0.29, 0.717) is 11.4 Å². The van der Waals surface area contributed by atoms with E-state index in [2.05, 4.69) is 10.0 Å². The van der Waals surface area contributed by atoms with E-state index in [9.17, 15) is 13.2 Å². The molecule has 0 saturated carbocycles. The predicted octanol–water partition coefficient (Wildman–Crippen LogP) is 2.59. The van der Waals surface area contributed by atoms with Crippen molar-refractivity contribution in [2.45, 2.75) is 18.7 Å². The first-order valence-corrected chi connectivity index (χ1v) is 8.03. The number of benzene rings is 2. The topological polar surface area (TPSA) is 101 Å². The van der Waals surface area contributed by atoms with E-state index in [1.54, 1.807) is 36.4 Å². The van der Waals surface area contributed by atoms with Crippen LogP contribution in [-0.2, 0) is 10.0 Å². The second kappa shape index (κ2) is 6.07. The van der Waals surface area contributed by atoms with Crippen LogP contribution in [-0.4, -0.2) is 14.4 Å². The fraction of sp³-hybridized carbons (Fsp3) is 0.133. The Balaban J connectivity index is 2.28. The molecular formula is C15H17N3O3S. The fourth-order valence-electron chi connectivity index (χ4n) is 1.90. The van der Waals surface area contributed by atoms with Gasteiger partial charge >= 0.3 is 6.03 Å². The van der Waals surface area contributed by atoms with Crippen molar-refractivity contribution in [3.05, 3.63) is 53.6 Å². The number of carbonyl (C=O) groups is 1. The lowest BCUT2D eigenvalue weighted by Gasteiger charge is -2.11. The van der Waals surface area contributed by atoms with Crippen LogP contribution < -0.4 is 15.8 Å². The first-order valence-electron chi connectivity index (χ1n) is 6.54. The van der Waals surface area contributed by atoms with Gasteiger partial charge in [0.15, 0.2) is 0 Å². The van der Waals surface area contributed by atoms with Gasteiger partial charge in [0.1, 0.15) is 0 Å². The van der Waals surface area contributed by atoms with Crippen LogP contribution in [0, 0.1) is 13.8 Å². The number of nitrogens with two attached hydrogens (primary N) is 1. The van der Waals surface area contributed by atoms with Crippen molar-refractivity contribution in [2.75, 3.05) is 10.0 Å². The van der Waals surface area contributed by atoms with E-state index >= 15 is 0 Å². The second-order valence-electron chi connectivity index (χ2n) is 4.92. The van der Waals surface area contributed by atoms with E-state index in [1.165, 1.54) is 6.07 Å². The zero-order valence-corrected chi connectivity index (χ0v) is 13.1. The number of aryl methyl sites for hydroxylation is 2. The summed E-state index contributed by atoms with van der Waals surface area (Å²) in [6, 6.07) is 10.5. The molecule has 2 aromatic carbocycles. The van der Waals surface area contributed by atoms with Gasteiger partial charge < -0.3 is 11.1 Å². The number of amides is 2. The maximum Gasteiger partial charge on any atom is 0.316 e. The maximum atomic E-state index is 12.4. The largest absolute Gasteiger partial charge is 0.351 e. The molecule has 0 radical (unpaired) electrons. The van der Waals surface area contributed by atoms with Crippen molar-refractivity contribution in [3.8, 4) is 0 Å². The van der Waals surface area contributed by atoms with Gasteiger partial charge in [0.05, 0.1) is 10.6 Å². The predicted molar refractivity (Wildman–Crippen MR) is 86.4 cm³/mol. The zero-order chi connectivity index (χ0) is 16.3. The molecule has 0 spiro atoms. The molecule has 0 aromatic heterocycles. The Labute approximate surface area is 129 Å². The Morgan fingerprint density at radius 3 is 2.32 bits per heavy atom. The Morgan fingerprint density at radius 2 is 1.68 bits per heavy atom. The highest BCUT2D eigenvalue weighted by Gasteiger charge is 2.15. The molecule has 0 aliphatic carbocycles. The van der Waals surface area contributed by atoms with Crippen molar-refractivity contribution in [3.63, 3.8) is 0 Å². The van der Waals surface area contributed by atoms with E-state index in [-0.39, 0.29) is 4.90 Å². The van der Waals surface area contributed by atoms with Gasteiger partial charge in [0, 0.05) is 5.69 Å². The first kappa shape index (κ1) is 15.8. The minimum atomic E-state index is -3.69. The van der Waals surface area contributed by atoms with Crippen molar-refractivity contribution >= 4 is 27.4 Å². The fourth-order valence-corrected chi connectivity index (χ4v) is 3.03. The van der Waals surface area contributed by atoms with Gasteiger partial charge in [-0.05, 0) is 55.3 Å². The number of sulfonamides is 1. The molecule has 0 unspecified atom stereocenters. The van der Waals surface area contributed by atoms with Gasteiger partial charge in [0.2, 0.25) is 0 Å². The molecule has 2 amide bonds. The average Bonchev–Trinajstić information content (AvgIpc) is 2.40. The molecule has 116 valence electrons. The van der Waals surface area contributed by atoms with Crippen LogP contribution in [0.15, 0.2) is 47.4 Å². The standard InChI is InChI=1S/C15H17N3O3S/c1-10-6-7-14(8-11(10)2)22(20,21)18-13-5-3-4-12(9-13)17-15(16)19/h3-9,18H,1-2H3,(H3,16,17,19). The molecule has 0 fully saturated rings. The average molecular weight is 319 g/mol. The number of urea groups is 1. The van der Waals surface area contributed by atoms with Crippen molar-refractivity contribution < 1.29 is 13.2 Å². The smallest absolute Gasteiger partial charge is 0.316 e. The number of anilines is 2. The molecule has 2 rings (SSSR count). The molecule has 4 N–H and O–H groups in total. The number of carbonyl (C=O) groups excluding carboxylic acids is 1. The molecule has 0 aliphatic heterocycles. The summed E-state index contributed by atoms with van der Waals surface area (Å²) >= 11 is 0. The monoisotopic (exact) mass is 319 g/mol. The van der Waals surface area contributed by atoms with Crippen molar-refractivity contribution in [2.24, 2.45) is 5.73 Å². The van der Waals surface area contributed by atoms with E-state index < -0.39 is 16.1 Å². The van der Waals surface area contributed by atoms with Gasteiger partial charge in [-0.25, -0.2) is 13.2 Å². The lowest BCUT2D eigenvalue weighted by molar-refractivity contribution is 0.259. The zero-order valence-electron chi connectivity index (χ0n) is 12.3. The van der Waals surface area contributed by atoms with E-state index in [1.807, 2.05) is 13.8 Å². The summed E-state index contributed by atoms with van der Waals surface area (Å²) in [4.78, 5) is 11.0. The molecule has 2 aromatic rings. The normalized spacial score (nSPS) is 11.0. The highest BCUT2D eigenvalue weighted by atomic mass is 32.2. The van der Waals surface area contributed by atoms with E-state index in [0.717, 1.165) is 11.1 Å². The number of rotatable bonds is 4. The Kier molecular flexibility index (Phi) is 4.37. The SMILES string of the molecule is Cc1ccc(S(=O)(=O)Nc2cccc(NC(N)=O)c2)cc1C. The summed E-state index contributed by atoms with van der Waals surface area (Å²) in [5.74, 6) is 0. The molecule has 0 heterocycles. The molecule has 7 heteroatoms. The van der Waals surface area contributed by atoms with Gasteiger partial charge in [-0.2, -0.15) is 0 Å². The number of hydrogen-bond acceptors (Lipinski definition) is 3. The third kappa shape index (κ3) is 3.76. The lowest BCUT2D eigenvalue weighted by Crippen LogP contribution is -2.19. The van der Waals surface area contributed by atoms with Crippen molar-refractivity contribution in [1.29, 1.82) is 0 Å². The molecule has 0 saturated heterocycles. The molecular weight excluding hydrogens is 302 g/mol. The summed E-state index contributed by atoms with van der Waals surface area (Å²) in [6.45, 7) is 3.77. The summed E-state index contributed by atoms with van der Waals surface area (Å²) in [7, 11) is -3.69. The molecule has 6 nitrogen and oxygen atoms in total. The summed E-state index contributed by atoms with van der Waals surface area (Å²) in [6.07, 6.45) is 0. The number of nitrogens with one attached hydrogen (secondary N) is 2. The highest BCUT2D eigenvalue weighted by Crippen LogP contribution is 2.21.